The van der Waals surface area contributed by atoms with Crippen molar-refractivity contribution < 1.29 is 33.7 Å². The van der Waals surface area contributed by atoms with Gasteiger partial charge in [0.25, 0.3) is 5.91 Å². The van der Waals surface area contributed by atoms with Gasteiger partial charge in [-0.25, -0.2) is 14.4 Å². The van der Waals surface area contributed by atoms with Gasteiger partial charge in [0.1, 0.15) is 18.2 Å². The number of hydrogen-bond donors (Lipinski definition) is 3. The third-order valence-corrected chi connectivity index (χ3v) is 4.38. The average Bonchev–Trinajstić information content (AvgIpc) is 2.70. The summed E-state index contributed by atoms with van der Waals surface area (Å²) < 4.78 is 24.4. The zero-order chi connectivity index (χ0) is 21.0. The second-order valence-electron chi connectivity index (χ2n) is 6.55. The van der Waals surface area contributed by atoms with E-state index in [4.69, 9.17) is 14.6 Å². The second kappa shape index (κ2) is 8.93. The maximum absolute atomic E-state index is 13.0. The number of carboxylic acid groups (broad SMARTS) is 1. The molecule has 0 saturated carbocycles. The Bertz CT molecular complexity index is 898. The van der Waals surface area contributed by atoms with Crippen LogP contribution in [0, 0.1) is 12.7 Å². The molecule has 1 aliphatic heterocycles. The number of rotatable bonds is 6. The van der Waals surface area contributed by atoms with E-state index in [1.807, 2.05) is 0 Å². The summed E-state index contributed by atoms with van der Waals surface area (Å²) >= 11 is 0. The molecule has 1 aliphatic rings. The van der Waals surface area contributed by atoms with Crippen molar-refractivity contribution in [1.82, 2.24) is 15.3 Å². The Morgan fingerprint density at radius 2 is 1.86 bits per heavy atom. The summed E-state index contributed by atoms with van der Waals surface area (Å²) in [6.07, 6.45) is -0.512. The highest BCUT2D eigenvalue weighted by Gasteiger charge is 2.26. The van der Waals surface area contributed by atoms with E-state index in [0.29, 0.717) is 13.2 Å². The summed E-state index contributed by atoms with van der Waals surface area (Å²) in [4.78, 5) is 30.8. The molecule has 1 saturated heterocycles. The number of benzene rings is 1. The van der Waals surface area contributed by atoms with Crippen molar-refractivity contribution in [2.75, 3.05) is 19.8 Å². The van der Waals surface area contributed by atoms with Crippen molar-refractivity contribution in [3.8, 4) is 5.75 Å². The van der Waals surface area contributed by atoms with Crippen LogP contribution in [0.25, 0.3) is 0 Å². The molecule has 154 valence electrons. The zero-order valence-electron chi connectivity index (χ0n) is 15.6. The summed E-state index contributed by atoms with van der Waals surface area (Å²) in [5.41, 5.74) is 0.767. The number of aryl methyl sites for hydroxylation is 1. The van der Waals surface area contributed by atoms with E-state index >= 15 is 0 Å². The van der Waals surface area contributed by atoms with Crippen LogP contribution in [0.1, 0.15) is 33.5 Å². The molecule has 1 aromatic carbocycles. The van der Waals surface area contributed by atoms with Crippen LogP contribution in [0.3, 0.4) is 0 Å². The van der Waals surface area contributed by atoms with Crippen molar-refractivity contribution in [2.24, 2.45) is 0 Å². The SMILES string of the molecule is Cc1nc(C[C@H]2OC[C@H](c3ccc(F)cc3)CO2)nc(C(=O)NCC(=O)O)c1O. The predicted molar refractivity (Wildman–Crippen MR) is 96.9 cm³/mol. The molecule has 0 atom stereocenters. The Morgan fingerprint density at radius 3 is 2.48 bits per heavy atom. The molecule has 0 bridgehead atoms. The Morgan fingerprint density at radius 1 is 1.21 bits per heavy atom. The van der Waals surface area contributed by atoms with Crippen LogP contribution in [0.4, 0.5) is 4.39 Å². The van der Waals surface area contributed by atoms with Gasteiger partial charge in [-0.05, 0) is 24.6 Å². The standard InChI is InChI=1S/C19H20FN3O6/c1-10-18(26)17(19(27)21-7-15(24)25)23-14(22-10)6-16-28-8-12(9-29-16)11-2-4-13(20)5-3-11/h2-5,12,16,26H,6-9H2,1H3,(H,21,27)(H,24,25)/t12-,16-. The van der Waals surface area contributed by atoms with Gasteiger partial charge in [0.2, 0.25) is 0 Å². The van der Waals surface area contributed by atoms with Gasteiger partial charge in [0.05, 0.1) is 25.3 Å². The quantitative estimate of drug-likeness (QED) is 0.652. The van der Waals surface area contributed by atoms with Crippen molar-refractivity contribution in [2.45, 2.75) is 25.6 Å². The number of carbonyl (C=O) groups excluding carboxylic acids is 1. The molecular weight excluding hydrogens is 385 g/mol. The van der Waals surface area contributed by atoms with E-state index in [0.717, 1.165) is 5.56 Å². The number of ether oxygens (including phenoxy) is 2. The topological polar surface area (TPSA) is 131 Å². The molecule has 10 heteroatoms. The lowest BCUT2D eigenvalue weighted by atomic mass is 10.0. The maximum atomic E-state index is 13.0. The highest BCUT2D eigenvalue weighted by Crippen LogP contribution is 2.25. The Balaban J connectivity index is 1.64. The van der Waals surface area contributed by atoms with Gasteiger partial charge in [-0.2, -0.15) is 0 Å². The van der Waals surface area contributed by atoms with E-state index < -0.39 is 30.5 Å². The van der Waals surface area contributed by atoms with E-state index in [-0.39, 0.29) is 35.4 Å². The third-order valence-electron chi connectivity index (χ3n) is 4.38. The third kappa shape index (κ3) is 5.24. The number of carbonyl (C=O) groups is 2. The van der Waals surface area contributed by atoms with Gasteiger partial charge in [-0.1, -0.05) is 12.1 Å². The fourth-order valence-electron chi connectivity index (χ4n) is 2.85. The number of nitrogens with one attached hydrogen (secondary N) is 1. The smallest absolute Gasteiger partial charge is 0.322 e. The fraction of sp³-hybridized carbons (Fsp3) is 0.368. The molecule has 2 heterocycles. The highest BCUT2D eigenvalue weighted by molar-refractivity contribution is 5.96. The Kier molecular flexibility index (Phi) is 6.35. The number of hydrogen-bond acceptors (Lipinski definition) is 7. The molecule has 0 aliphatic carbocycles. The minimum Gasteiger partial charge on any atom is -0.504 e. The molecule has 1 amide bonds. The largest absolute Gasteiger partial charge is 0.504 e. The first-order chi connectivity index (χ1) is 13.8. The van der Waals surface area contributed by atoms with Crippen LogP contribution >= 0.6 is 0 Å². The summed E-state index contributed by atoms with van der Waals surface area (Å²) in [6, 6.07) is 6.12. The van der Waals surface area contributed by atoms with Crippen LogP contribution in [0.2, 0.25) is 0 Å². The van der Waals surface area contributed by atoms with Gasteiger partial charge in [-0.15, -0.1) is 0 Å². The van der Waals surface area contributed by atoms with Gasteiger partial charge in [-0.3, -0.25) is 9.59 Å². The molecule has 0 unspecified atom stereocenters. The number of amides is 1. The minimum atomic E-state index is -1.22. The van der Waals surface area contributed by atoms with Crippen molar-refractivity contribution in [1.29, 1.82) is 0 Å². The number of aromatic nitrogens is 2. The highest BCUT2D eigenvalue weighted by atomic mass is 19.1. The van der Waals surface area contributed by atoms with Gasteiger partial charge in [0, 0.05) is 5.92 Å². The molecule has 0 spiro atoms. The van der Waals surface area contributed by atoms with E-state index in [2.05, 4.69) is 15.3 Å². The van der Waals surface area contributed by atoms with Crippen LogP contribution in [-0.4, -0.2) is 58.1 Å². The maximum Gasteiger partial charge on any atom is 0.322 e. The van der Waals surface area contributed by atoms with Gasteiger partial charge in [0.15, 0.2) is 17.7 Å². The molecule has 0 radical (unpaired) electrons. The van der Waals surface area contributed by atoms with Gasteiger partial charge >= 0.3 is 5.97 Å². The number of aliphatic carboxylic acids is 1. The lowest BCUT2D eigenvalue weighted by Crippen LogP contribution is -2.33. The first-order valence-corrected chi connectivity index (χ1v) is 8.88. The zero-order valence-corrected chi connectivity index (χ0v) is 15.6. The molecule has 1 aromatic heterocycles. The van der Waals surface area contributed by atoms with E-state index in [9.17, 15) is 19.1 Å². The molecule has 2 aromatic rings. The summed E-state index contributed by atoms with van der Waals surface area (Å²) in [6.45, 7) is 1.62. The number of carboxylic acids is 1. The lowest BCUT2D eigenvalue weighted by molar-refractivity contribution is -0.186. The number of nitrogens with zero attached hydrogens (tertiary/aromatic N) is 2. The van der Waals surface area contributed by atoms with Crippen LogP contribution in [0.15, 0.2) is 24.3 Å². The fourth-order valence-corrected chi connectivity index (χ4v) is 2.85. The van der Waals surface area contributed by atoms with E-state index in [1.165, 1.54) is 19.1 Å². The molecule has 3 rings (SSSR count). The first kappa shape index (κ1) is 20.6. The normalized spacial score (nSPS) is 19.0. The summed E-state index contributed by atoms with van der Waals surface area (Å²) in [5.74, 6) is -2.59. The molecular formula is C19H20FN3O6. The monoisotopic (exact) mass is 405 g/mol. The van der Waals surface area contributed by atoms with Crippen molar-refractivity contribution in [3.05, 3.63) is 52.9 Å². The molecule has 9 nitrogen and oxygen atoms in total. The number of halogens is 1. The van der Waals surface area contributed by atoms with E-state index in [1.54, 1.807) is 12.1 Å². The second-order valence-corrected chi connectivity index (χ2v) is 6.55. The molecule has 29 heavy (non-hydrogen) atoms. The number of aromatic hydroxyl groups is 1. The average molecular weight is 405 g/mol. The minimum absolute atomic E-state index is 0.0355. The Hall–Kier alpha value is -3.11. The summed E-state index contributed by atoms with van der Waals surface area (Å²) in [7, 11) is 0. The Labute approximate surface area is 165 Å². The van der Waals surface area contributed by atoms with Gasteiger partial charge < -0.3 is 25.0 Å². The van der Waals surface area contributed by atoms with Crippen molar-refractivity contribution >= 4 is 11.9 Å². The lowest BCUT2D eigenvalue weighted by Gasteiger charge is -2.29. The summed E-state index contributed by atoms with van der Waals surface area (Å²) in [5, 5.41) is 20.8. The van der Waals surface area contributed by atoms with Crippen LogP contribution < -0.4 is 5.32 Å². The first-order valence-electron chi connectivity index (χ1n) is 8.88. The van der Waals surface area contributed by atoms with Crippen LogP contribution in [0.5, 0.6) is 5.75 Å². The van der Waals surface area contributed by atoms with Crippen molar-refractivity contribution in [3.63, 3.8) is 0 Å². The molecule has 3 N–H and O–H groups in total. The predicted octanol–water partition coefficient (Wildman–Crippen LogP) is 1.14. The molecule has 1 fully saturated rings. The van der Waals surface area contributed by atoms with Crippen LogP contribution in [-0.2, 0) is 20.7 Å².